The third-order valence-electron chi connectivity index (χ3n) is 3.56. The zero-order valence-electron chi connectivity index (χ0n) is 11.9. The number of alkyl carbamates (subject to hydrolysis) is 1. The number of amides is 1. The van der Waals surface area contributed by atoms with Crippen LogP contribution in [0.15, 0.2) is 6.07 Å². The summed E-state index contributed by atoms with van der Waals surface area (Å²) in [5.41, 5.74) is 2.89. The van der Waals surface area contributed by atoms with E-state index in [4.69, 9.17) is 4.74 Å². The molecule has 0 bridgehead atoms. The molecular formula is C14H20N2O4. The largest absolute Gasteiger partial charge is 0.465 e. The van der Waals surface area contributed by atoms with Crippen molar-refractivity contribution in [2.24, 2.45) is 0 Å². The van der Waals surface area contributed by atoms with Gasteiger partial charge >= 0.3 is 12.1 Å². The number of nitrogens with zero attached hydrogens (tertiary/aromatic N) is 1. The van der Waals surface area contributed by atoms with Crippen LogP contribution in [0.5, 0.6) is 0 Å². The highest BCUT2D eigenvalue weighted by molar-refractivity contribution is 5.91. The van der Waals surface area contributed by atoms with E-state index in [1.165, 1.54) is 14.2 Å². The van der Waals surface area contributed by atoms with Crippen LogP contribution in [-0.2, 0) is 28.9 Å². The Morgan fingerprint density at radius 1 is 1.35 bits per heavy atom. The number of methoxy groups -OCH3 is 2. The van der Waals surface area contributed by atoms with E-state index in [0.717, 1.165) is 43.6 Å². The molecule has 1 aliphatic rings. The monoisotopic (exact) mass is 280 g/mol. The van der Waals surface area contributed by atoms with Crippen LogP contribution in [0.25, 0.3) is 0 Å². The van der Waals surface area contributed by atoms with Gasteiger partial charge in [0.25, 0.3) is 0 Å². The molecular weight excluding hydrogens is 260 g/mol. The topological polar surface area (TPSA) is 69.6 Å². The Balaban J connectivity index is 1.98. The van der Waals surface area contributed by atoms with Crippen LogP contribution in [-0.4, -0.2) is 37.4 Å². The minimum atomic E-state index is -0.416. The second kappa shape index (κ2) is 6.45. The van der Waals surface area contributed by atoms with Crippen molar-refractivity contribution < 1.29 is 19.1 Å². The number of ether oxygens (including phenoxy) is 2. The maximum absolute atomic E-state index is 11.7. The molecule has 6 nitrogen and oxygen atoms in total. The summed E-state index contributed by atoms with van der Waals surface area (Å²) in [6.45, 7) is 1.51. The summed E-state index contributed by atoms with van der Waals surface area (Å²) in [7, 11) is 2.75. The molecule has 6 heteroatoms. The maximum atomic E-state index is 11.7. The molecule has 1 aromatic heterocycles. The van der Waals surface area contributed by atoms with E-state index in [-0.39, 0.29) is 5.97 Å². The molecule has 1 N–H and O–H groups in total. The highest BCUT2D eigenvalue weighted by Gasteiger charge is 2.23. The lowest BCUT2D eigenvalue weighted by Crippen LogP contribution is -2.24. The Hall–Kier alpha value is -1.98. The van der Waals surface area contributed by atoms with Crippen molar-refractivity contribution in [1.29, 1.82) is 0 Å². The quantitative estimate of drug-likeness (QED) is 0.655. The van der Waals surface area contributed by atoms with Crippen molar-refractivity contribution in [3.05, 3.63) is 23.0 Å². The van der Waals surface area contributed by atoms with Crippen molar-refractivity contribution in [3.8, 4) is 0 Å². The summed E-state index contributed by atoms with van der Waals surface area (Å²) in [6, 6.07) is 1.92. The van der Waals surface area contributed by atoms with E-state index in [2.05, 4.69) is 14.6 Å². The SMILES string of the molecule is COC(=O)NCCCc1cc(C(=O)OC)c2n1CCC2. The number of rotatable bonds is 5. The Kier molecular flexibility index (Phi) is 4.65. The van der Waals surface area contributed by atoms with Crippen LogP contribution in [0.1, 0.15) is 34.6 Å². The number of aryl methyl sites for hydroxylation is 1. The molecule has 2 rings (SSSR count). The van der Waals surface area contributed by atoms with E-state index in [1.807, 2.05) is 6.07 Å². The summed E-state index contributed by atoms with van der Waals surface area (Å²) < 4.78 is 11.5. The number of carbonyl (C=O) groups excluding carboxylic acids is 2. The first-order chi connectivity index (χ1) is 9.67. The highest BCUT2D eigenvalue weighted by Crippen LogP contribution is 2.25. The molecule has 20 heavy (non-hydrogen) atoms. The molecule has 110 valence electrons. The van der Waals surface area contributed by atoms with Gasteiger partial charge in [0.05, 0.1) is 19.8 Å². The smallest absolute Gasteiger partial charge is 0.406 e. The molecule has 2 heterocycles. The second-order valence-corrected chi connectivity index (χ2v) is 4.76. The Morgan fingerprint density at radius 2 is 2.15 bits per heavy atom. The Morgan fingerprint density at radius 3 is 2.85 bits per heavy atom. The molecule has 0 spiro atoms. The van der Waals surface area contributed by atoms with Gasteiger partial charge in [-0.05, 0) is 31.7 Å². The van der Waals surface area contributed by atoms with E-state index in [1.54, 1.807) is 0 Å². The molecule has 0 saturated heterocycles. The third kappa shape index (κ3) is 2.95. The number of carbonyl (C=O) groups is 2. The van der Waals surface area contributed by atoms with Gasteiger partial charge in [-0.3, -0.25) is 0 Å². The highest BCUT2D eigenvalue weighted by atomic mass is 16.5. The van der Waals surface area contributed by atoms with Gasteiger partial charge < -0.3 is 19.4 Å². The minimum absolute atomic E-state index is 0.269. The number of hydrogen-bond donors (Lipinski definition) is 1. The molecule has 1 aliphatic heterocycles. The fraction of sp³-hybridized carbons (Fsp3) is 0.571. The molecule has 0 radical (unpaired) electrons. The van der Waals surface area contributed by atoms with E-state index >= 15 is 0 Å². The average molecular weight is 280 g/mol. The van der Waals surface area contributed by atoms with Crippen LogP contribution >= 0.6 is 0 Å². The van der Waals surface area contributed by atoms with Crippen LogP contribution in [0, 0.1) is 0 Å². The lowest BCUT2D eigenvalue weighted by molar-refractivity contribution is 0.0599. The lowest BCUT2D eigenvalue weighted by Gasteiger charge is -2.06. The summed E-state index contributed by atoms with van der Waals surface area (Å²) >= 11 is 0. The number of nitrogens with one attached hydrogen (secondary N) is 1. The molecule has 0 fully saturated rings. The molecule has 0 aromatic carbocycles. The fourth-order valence-electron chi connectivity index (χ4n) is 2.63. The van der Waals surface area contributed by atoms with Crippen LogP contribution in [0.4, 0.5) is 4.79 Å². The lowest BCUT2D eigenvalue weighted by atomic mass is 10.1. The summed E-state index contributed by atoms with van der Waals surface area (Å²) in [6.07, 6.45) is 3.19. The molecule has 0 aliphatic carbocycles. The second-order valence-electron chi connectivity index (χ2n) is 4.76. The Bertz CT molecular complexity index is 508. The predicted molar refractivity (Wildman–Crippen MR) is 72.8 cm³/mol. The van der Waals surface area contributed by atoms with Gasteiger partial charge in [-0.1, -0.05) is 0 Å². The number of hydrogen-bond acceptors (Lipinski definition) is 4. The van der Waals surface area contributed by atoms with E-state index in [0.29, 0.717) is 12.1 Å². The van der Waals surface area contributed by atoms with Gasteiger partial charge in [0.1, 0.15) is 0 Å². The maximum Gasteiger partial charge on any atom is 0.406 e. The van der Waals surface area contributed by atoms with Crippen molar-refractivity contribution in [1.82, 2.24) is 9.88 Å². The molecule has 0 unspecified atom stereocenters. The van der Waals surface area contributed by atoms with E-state index < -0.39 is 6.09 Å². The van der Waals surface area contributed by atoms with Crippen molar-refractivity contribution in [3.63, 3.8) is 0 Å². The molecule has 0 atom stereocenters. The van der Waals surface area contributed by atoms with Crippen LogP contribution in [0.3, 0.4) is 0 Å². The first kappa shape index (κ1) is 14.4. The first-order valence-corrected chi connectivity index (χ1v) is 6.78. The zero-order valence-corrected chi connectivity index (χ0v) is 11.9. The predicted octanol–water partition coefficient (Wildman–Crippen LogP) is 1.51. The molecule has 1 amide bonds. The van der Waals surface area contributed by atoms with Gasteiger partial charge in [-0.2, -0.15) is 0 Å². The summed E-state index contributed by atoms with van der Waals surface area (Å²) in [5, 5.41) is 2.65. The zero-order chi connectivity index (χ0) is 14.5. The summed E-state index contributed by atoms with van der Waals surface area (Å²) in [5.74, 6) is -0.269. The van der Waals surface area contributed by atoms with E-state index in [9.17, 15) is 9.59 Å². The first-order valence-electron chi connectivity index (χ1n) is 6.78. The number of fused-ring (bicyclic) bond motifs is 1. The van der Waals surface area contributed by atoms with Crippen molar-refractivity contribution in [2.75, 3.05) is 20.8 Å². The number of aromatic nitrogens is 1. The average Bonchev–Trinajstić information content (AvgIpc) is 3.05. The normalized spacial score (nSPS) is 12.9. The standard InChI is InChI=1S/C14H20N2O4/c1-19-13(17)11-9-10(16-8-4-6-12(11)16)5-3-7-15-14(18)20-2/h9H,3-8H2,1-2H3,(H,15,18). The van der Waals surface area contributed by atoms with Gasteiger partial charge in [0, 0.05) is 24.5 Å². The van der Waals surface area contributed by atoms with Crippen LogP contribution < -0.4 is 5.32 Å². The van der Waals surface area contributed by atoms with Gasteiger partial charge in [-0.25, -0.2) is 9.59 Å². The molecule has 0 saturated carbocycles. The molecule has 1 aromatic rings. The number of esters is 1. The van der Waals surface area contributed by atoms with Gasteiger partial charge in [-0.15, -0.1) is 0 Å². The minimum Gasteiger partial charge on any atom is -0.465 e. The third-order valence-corrected chi connectivity index (χ3v) is 3.56. The van der Waals surface area contributed by atoms with Crippen molar-refractivity contribution in [2.45, 2.75) is 32.2 Å². The van der Waals surface area contributed by atoms with Crippen molar-refractivity contribution >= 4 is 12.1 Å². The van der Waals surface area contributed by atoms with Gasteiger partial charge in [0.15, 0.2) is 0 Å². The Labute approximate surface area is 118 Å². The summed E-state index contributed by atoms with van der Waals surface area (Å²) in [4.78, 5) is 22.7. The van der Waals surface area contributed by atoms with Crippen LogP contribution in [0.2, 0.25) is 0 Å². The fourth-order valence-corrected chi connectivity index (χ4v) is 2.63. The van der Waals surface area contributed by atoms with Gasteiger partial charge in [0.2, 0.25) is 0 Å².